The van der Waals surface area contributed by atoms with Gasteiger partial charge >= 0.3 is 6.03 Å². The summed E-state index contributed by atoms with van der Waals surface area (Å²) in [6.45, 7) is 2.34. The summed E-state index contributed by atoms with van der Waals surface area (Å²) in [5.74, 6) is -0.461. The molecule has 0 unspecified atom stereocenters. The average molecular weight is 258 g/mol. The van der Waals surface area contributed by atoms with Crippen molar-refractivity contribution >= 4 is 11.9 Å². The second kappa shape index (κ2) is 5.86. The van der Waals surface area contributed by atoms with Crippen LogP contribution in [-0.4, -0.2) is 11.9 Å². The number of hydrogen-bond acceptors (Lipinski definition) is 3. The van der Waals surface area contributed by atoms with Crippen molar-refractivity contribution in [1.29, 1.82) is 0 Å². The van der Waals surface area contributed by atoms with Gasteiger partial charge in [-0.3, -0.25) is 10.1 Å². The van der Waals surface area contributed by atoms with Crippen LogP contribution in [0.5, 0.6) is 0 Å². The zero-order chi connectivity index (χ0) is 13.7. The van der Waals surface area contributed by atoms with Gasteiger partial charge in [-0.1, -0.05) is 29.8 Å². The number of carbonyl (C=O) groups excluding carboxylic acids is 2. The molecule has 3 amide bonds. The van der Waals surface area contributed by atoms with E-state index in [2.05, 4.69) is 10.6 Å². The molecule has 0 atom stereocenters. The minimum Gasteiger partial charge on any atom is -0.459 e. The number of rotatable bonds is 3. The first-order valence-electron chi connectivity index (χ1n) is 5.83. The third-order valence-electron chi connectivity index (χ3n) is 2.51. The minimum atomic E-state index is -0.563. The molecule has 0 aliphatic heterocycles. The molecule has 0 radical (unpaired) electrons. The largest absolute Gasteiger partial charge is 0.459 e. The van der Waals surface area contributed by atoms with Gasteiger partial charge in [-0.05, 0) is 24.6 Å². The minimum absolute atomic E-state index is 0.103. The van der Waals surface area contributed by atoms with Gasteiger partial charge in [0, 0.05) is 6.54 Å². The highest BCUT2D eigenvalue weighted by molar-refractivity contribution is 6.02. The summed E-state index contributed by atoms with van der Waals surface area (Å²) in [4.78, 5) is 23.0. The third-order valence-corrected chi connectivity index (χ3v) is 2.51. The van der Waals surface area contributed by atoms with Gasteiger partial charge in [-0.15, -0.1) is 0 Å². The van der Waals surface area contributed by atoms with Gasteiger partial charge in [0.1, 0.15) is 0 Å². The molecule has 2 N–H and O–H groups in total. The van der Waals surface area contributed by atoms with Gasteiger partial charge in [0.2, 0.25) is 0 Å². The first-order chi connectivity index (χ1) is 9.15. The monoisotopic (exact) mass is 258 g/mol. The molecule has 2 aromatic rings. The predicted octanol–water partition coefficient (Wildman–Crippen LogP) is 2.23. The summed E-state index contributed by atoms with van der Waals surface area (Å²) in [5.41, 5.74) is 2.09. The zero-order valence-corrected chi connectivity index (χ0v) is 10.5. The number of aryl methyl sites for hydroxylation is 1. The van der Waals surface area contributed by atoms with Crippen molar-refractivity contribution in [3.63, 3.8) is 0 Å². The van der Waals surface area contributed by atoms with Crippen molar-refractivity contribution in [2.24, 2.45) is 0 Å². The lowest BCUT2D eigenvalue weighted by Gasteiger charge is -2.06. The highest BCUT2D eigenvalue weighted by Crippen LogP contribution is 2.03. The zero-order valence-electron chi connectivity index (χ0n) is 10.5. The Morgan fingerprint density at radius 1 is 1.21 bits per heavy atom. The predicted molar refractivity (Wildman–Crippen MR) is 69.6 cm³/mol. The van der Waals surface area contributed by atoms with Crippen LogP contribution in [0.4, 0.5) is 4.79 Å². The maximum Gasteiger partial charge on any atom is 0.322 e. The van der Waals surface area contributed by atoms with E-state index >= 15 is 0 Å². The van der Waals surface area contributed by atoms with Crippen LogP contribution in [0.3, 0.4) is 0 Å². The number of urea groups is 1. The van der Waals surface area contributed by atoms with Crippen LogP contribution in [0.2, 0.25) is 0 Å². The topological polar surface area (TPSA) is 71.3 Å². The van der Waals surface area contributed by atoms with Gasteiger partial charge in [-0.25, -0.2) is 4.79 Å². The number of furan rings is 1. The van der Waals surface area contributed by atoms with E-state index in [1.807, 2.05) is 31.2 Å². The van der Waals surface area contributed by atoms with E-state index in [4.69, 9.17) is 4.42 Å². The summed E-state index contributed by atoms with van der Waals surface area (Å²) in [5, 5.41) is 4.79. The van der Waals surface area contributed by atoms with E-state index in [0.29, 0.717) is 6.54 Å². The molecule has 0 spiro atoms. The Bertz CT molecular complexity index is 576. The molecule has 1 aromatic heterocycles. The van der Waals surface area contributed by atoms with Crippen molar-refractivity contribution in [2.75, 3.05) is 0 Å². The van der Waals surface area contributed by atoms with Crippen LogP contribution in [0, 0.1) is 6.92 Å². The Kier molecular flexibility index (Phi) is 3.97. The Morgan fingerprint density at radius 3 is 2.74 bits per heavy atom. The molecule has 0 aliphatic carbocycles. The van der Waals surface area contributed by atoms with Crippen LogP contribution in [-0.2, 0) is 6.54 Å². The van der Waals surface area contributed by atoms with E-state index in [9.17, 15) is 9.59 Å². The van der Waals surface area contributed by atoms with Crippen molar-refractivity contribution < 1.29 is 14.0 Å². The lowest BCUT2D eigenvalue weighted by Crippen LogP contribution is -2.38. The lowest BCUT2D eigenvalue weighted by atomic mass is 10.1. The van der Waals surface area contributed by atoms with Crippen molar-refractivity contribution in [2.45, 2.75) is 13.5 Å². The molecule has 19 heavy (non-hydrogen) atoms. The second-order valence-electron chi connectivity index (χ2n) is 4.10. The Hall–Kier alpha value is -2.56. The summed E-state index contributed by atoms with van der Waals surface area (Å²) < 4.78 is 4.88. The molecule has 0 saturated heterocycles. The molecule has 2 rings (SSSR count). The van der Waals surface area contributed by atoms with Gasteiger partial charge in [0.05, 0.1) is 6.26 Å². The van der Waals surface area contributed by atoms with E-state index in [0.717, 1.165) is 11.1 Å². The van der Waals surface area contributed by atoms with Crippen LogP contribution < -0.4 is 10.6 Å². The third kappa shape index (κ3) is 3.70. The first kappa shape index (κ1) is 12.9. The van der Waals surface area contributed by atoms with Gasteiger partial charge in [0.25, 0.3) is 5.91 Å². The van der Waals surface area contributed by atoms with Gasteiger partial charge < -0.3 is 9.73 Å². The SMILES string of the molecule is Cc1cccc(CNC(=O)NC(=O)c2ccco2)c1. The summed E-state index contributed by atoms with van der Waals surface area (Å²) in [7, 11) is 0. The summed E-state index contributed by atoms with van der Waals surface area (Å²) >= 11 is 0. The molecule has 0 aliphatic rings. The number of nitrogens with one attached hydrogen (secondary N) is 2. The molecule has 0 saturated carbocycles. The molecule has 0 bridgehead atoms. The number of imide groups is 1. The summed E-state index contributed by atoms with van der Waals surface area (Å²) in [6.07, 6.45) is 1.37. The second-order valence-corrected chi connectivity index (χ2v) is 4.10. The van der Waals surface area contributed by atoms with E-state index in [1.54, 1.807) is 6.07 Å². The number of amides is 3. The highest BCUT2D eigenvalue weighted by Gasteiger charge is 2.11. The van der Waals surface area contributed by atoms with Crippen LogP contribution in [0.15, 0.2) is 47.1 Å². The Morgan fingerprint density at radius 2 is 2.05 bits per heavy atom. The van der Waals surface area contributed by atoms with Crippen molar-refractivity contribution in [3.8, 4) is 0 Å². The normalized spacial score (nSPS) is 9.95. The fourth-order valence-electron chi connectivity index (χ4n) is 1.62. The van der Waals surface area contributed by atoms with Crippen molar-refractivity contribution in [1.82, 2.24) is 10.6 Å². The maximum atomic E-state index is 11.5. The standard InChI is InChI=1S/C14H14N2O3/c1-10-4-2-5-11(8-10)9-15-14(18)16-13(17)12-6-3-7-19-12/h2-8H,9H2,1H3,(H2,15,16,17,18). The molecule has 1 heterocycles. The van der Waals surface area contributed by atoms with Crippen LogP contribution >= 0.6 is 0 Å². The number of hydrogen-bond donors (Lipinski definition) is 2. The molecule has 1 aromatic carbocycles. The lowest BCUT2D eigenvalue weighted by molar-refractivity contribution is 0.0936. The van der Waals surface area contributed by atoms with Crippen LogP contribution in [0.1, 0.15) is 21.7 Å². The van der Waals surface area contributed by atoms with Crippen molar-refractivity contribution in [3.05, 3.63) is 59.5 Å². The van der Waals surface area contributed by atoms with E-state index < -0.39 is 11.9 Å². The fraction of sp³-hybridized carbons (Fsp3) is 0.143. The molecule has 0 fully saturated rings. The smallest absolute Gasteiger partial charge is 0.322 e. The fourth-order valence-corrected chi connectivity index (χ4v) is 1.62. The molecular formula is C14H14N2O3. The van der Waals surface area contributed by atoms with Gasteiger partial charge in [-0.2, -0.15) is 0 Å². The number of benzene rings is 1. The number of carbonyl (C=O) groups is 2. The van der Waals surface area contributed by atoms with Crippen LogP contribution in [0.25, 0.3) is 0 Å². The molecule has 98 valence electrons. The Labute approximate surface area is 110 Å². The Balaban J connectivity index is 1.83. The molecule has 5 heteroatoms. The molecular weight excluding hydrogens is 244 g/mol. The van der Waals surface area contributed by atoms with Gasteiger partial charge in [0.15, 0.2) is 5.76 Å². The highest BCUT2D eigenvalue weighted by atomic mass is 16.3. The quantitative estimate of drug-likeness (QED) is 0.886. The first-order valence-corrected chi connectivity index (χ1v) is 5.83. The molecule has 5 nitrogen and oxygen atoms in total. The van der Waals surface area contributed by atoms with E-state index in [-0.39, 0.29) is 5.76 Å². The maximum absolute atomic E-state index is 11.5. The van der Waals surface area contributed by atoms with E-state index in [1.165, 1.54) is 12.3 Å². The average Bonchev–Trinajstić information content (AvgIpc) is 2.90. The summed E-state index contributed by atoms with van der Waals surface area (Å²) in [6, 6.07) is 10.3.